The summed E-state index contributed by atoms with van der Waals surface area (Å²) in [5, 5.41) is 0.867. The van der Waals surface area contributed by atoms with Gasteiger partial charge in [-0.3, -0.25) is 0 Å². The van der Waals surface area contributed by atoms with Crippen LogP contribution < -0.4 is 9.46 Å². The number of halogens is 1. The second-order valence-electron chi connectivity index (χ2n) is 6.04. The van der Waals surface area contributed by atoms with E-state index in [0.717, 1.165) is 17.7 Å². The molecule has 1 unspecified atom stereocenters. The molecule has 0 aliphatic carbocycles. The van der Waals surface area contributed by atoms with Crippen LogP contribution in [0.4, 0.5) is 0 Å². The molecule has 1 atom stereocenters. The number of ether oxygens (including phenoxy) is 1. The molecule has 25 heavy (non-hydrogen) atoms. The van der Waals surface area contributed by atoms with Crippen molar-refractivity contribution in [1.29, 1.82) is 0 Å². The topological polar surface area (TPSA) is 84.1 Å². The molecule has 0 bridgehead atoms. The Kier molecular flexibility index (Phi) is 4.15. The molecule has 2 aromatic heterocycles. The van der Waals surface area contributed by atoms with Crippen LogP contribution in [0.2, 0.25) is 5.02 Å². The number of pyridine rings is 1. The van der Waals surface area contributed by atoms with Crippen molar-refractivity contribution in [3.05, 3.63) is 53.3 Å². The Hall–Kier alpha value is -2.09. The number of hydrogen-bond donors (Lipinski definition) is 2. The second kappa shape index (κ2) is 6.33. The summed E-state index contributed by atoms with van der Waals surface area (Å²) in [5.41, 5.74) is 1.58. The number of para-hydroxylation sites is 1. The lowest BCUT2D eigenvalue weighted by atomic mass is 9.97. The van der Waals surface area contributed by atoms with Gasteiger partial charge in [-0.15, -0.1) is 0 Å². The smallest absolute Gasteiger partial charge is 0.242 e. The summed E-state index contributed by atoms with van der Waals surface area (Å²) in [6.45, 7) is 0.790. The maximum atomic E-state index is 12.7. The molecule has 1 aromatic carbocycles. The highest BCUT2D eigenvalue weighted by Crippen LogP contribution is 2.27. The minimum atomic E-state index is -3.67. The standard InChI is InChI=1S/C17H16ClN3O3S/c18-13-6-14-16(9-20-17(14)19-8-13)25(22,23)21-7-11-5-12-3-1-2-4-15(12)24-10-11/h1-4,6,8-9,11,21H,5,7,10H2,(H,19,20). The number of hydrogen-bond acceptors (Lipinski definition) is 4. The van der Waals surface area contributed by atoms with Crippen molar-refractivity contribution < 1.29 is 13.2 Å². The fourth-order valence-electron chi connectivity index (χ4n) is 3.00. The number of aromatic nitrogens is 2. The quantitative estimate of drug-likeness (QED) is 0.732. The molecule has 0 saturated carbocycles. The van der Waals surface area contributed by atoms with Crippen LogP contribution in [-0.4, -0.2) is 31.5 Å². The Morgan fingerprint density at radius 1 is 1.36 bits per heavy atom. The number of fused-ring (bicyclic) bond motifs is 2. The number of rotatable bonds is 4. The first-order valence-electron chi connectivity index (χ1n) is 7.86. The van der Waals surface area contributed by atoms with Gasteiger partial charge in [0.1, 0.15) is 16.3 Å². The number of nitrogens with zero attached hydrogens (tertiary/aromatic N) is 1. The average molecular weight is 378 g/mol. The fraction of sp³-hybridized carbons (Fsp3) is 0.235. The molecule has 8 heteroatoms. The van der Waals surface area contributed by atoms with E-state index in [0.29, 0.717) is 29.2 Å². The molecule has 3 aromatic rings. The Morgan fingerprint density at radius 3 is 3.08 bits per heavy atom. The Labute approximate surface area is 150 Å². The molecule has 6 nitrogen and oxygen atoms in total. The SMILES string of the molecule is O=S(=O)(NCC1COc2ccccc2C1)c1c[nH]c2ncc(Cl)cc12. The third-order valence-electron chi connectivity index (χ3n) is 4.27. The van der Waals surface area contributed by atoms with Crippen molar-refractivity contribution >= 4 is 32.7 Å². The third-order valence-corrected chi connectivity index (χ3v) is 5.94. The molecule has 3 heterocycles. The van der Waals surface area contributed by atoms with Crippen molar-refractivity contribution in [2.75, 3.05) is 13.2 Å². The molecule has 0 spiro atoms. The zero-order chi connectivity index (χ0) is 17.4. The highest BCUT2D eigenvalue weighted by molar-refractivity contribution is 7.89. The van der Waals surface area contributed by atoms with E-state index in [1.807, 2.05) is 24.3 Å². The minimum Gasteiger partial charge on any atom is -0.493 e. The molecule has 0 amide bonds. The van der Waals surface area contributed by atoms with Crippen molar-refractivity contribution in [2.24, 2.45) is 5.92 Å². The Morgan fingerprint density at radius 2 is 2.20 bits per heavy atom. The minimum absolute atomic E-state index is 0.0802. The van der Waals surface area contributed by atoms with Gasteiger partial charge in [0.05, 0.1) is 11.6 Å². The summed E-state index contributed by atoms with van der Waals surface area (Å²) in [6, 6.07) is 9.41. The van der Waals surface area contributed by atoms with Gasteiger partial charge in [-0.05, 0) is 24.1 Å². The molecular formula is C17H16ClN3O3S. The number of aromatic amines is 1. The zero-order valence-electron chi connectivity index (χ0n) is 13.2. The van der Waals surface area contributed by atoms with Crippen LogP contribution in [0.15, 0.2) is 47.6 Å². The van der Waals surface area contributed by atoms with Crippen LogP contribution in [0.25, 0.3) is 11.0 Å². The van der Waals surface area contributed by atoms with Gasteiger partial charge in [0.2, 0.25) is 10.0 Å². The van der Waals surface area contributed by atoms with Crippen LogP contribution in [0, 0.1) is 5.92 Å². The first kappa shape index (κ1) is 16.4. The lowest BCUT2D eigenvalue weighted by molar-refractivity contribution is 0.223. The van der Waals surface area contributed by atoms with E-state index >= 15 is 0 Å². The number of benzene rings is 1. The molecule has 1 aliphatic heterocycles. The van der Waals surface area contributed by atoms with Crippen LogP contribution in [0.5, 0.6) is 5.75 Å². The van der Waals surface area contributed by atoms with E-state index in [-0.39, 0.29) is 10.8 Å². The highest BCUT2D eigenvalue weighted by atomic mass is 35.5. The monoisotopic (exact) mass is 377 g/mol. The molecule has 0 saturated heterocycles. The van der Waals surface area contributed by atoms with Gasteiger partial charge in [0, 0.05) is 30.2 Å². The van der Waals surface area contributed by atoms with Crippen LogP contribution in [-0.2, 0) is 16.4 Å². The van der Waals surface area contributed by atoms with E-state index in [1.54, 1.807) is 6.07 Å². The molecular weight excluding hydrogens is 362 g/mol. The third kappa shape index (κ3) is 3.22. The lowest BCUT2D eigenvalue weighted by Crippen LogP contribution is -2.34. The normalized spacial score (nSPS) is 17.2. The van der Waals surface area contributed by atoms with Gasteiger partial charge >= 0.3 is 0 Å². The van der Waals surface area contributed by atoms with Gasteiger partial charge in [-0.1, -0.05) is 29.8 Å². The van der Waals surface area contributed by atoms with Crippen molar-refractivity contribution in [2.45, 2.75) is 11.3 Å². The molecule has 1 aliphatic rings. The van der Waals surface area contributed by atoms with Gasteiger partial charge < -0.3 is 9.72 Å². The summed E-state index contributed by atoms with van der Waals surface area (Å²) in [5.74, 6) is 0.954. The Bertz CT molecular complexity index is 1030. The van der Waals surface area contributed by atoms with Crippen molar-refractivity contribution in [3.8, 4) is 5.75 Å². The van der Waals surface area contributed by atoms with E-state index in [1.165, 1.54) is 12.4 Å². The van der Waals surface area contributed by atoms with Gasteiger partial charge in [-0.2, -0.15) is 0 Å². The van der Waals surface area contributed by atoms with E-state index in [9.17, 15) is 8.42 Å². The maximum absolute atomic E-state index is 12.7. The molecule has 130 valence electrons. The van der Waals surface area contributed by atoms with Crippen LogP contribution >= 0.6 is 11.6 Å². The summed E-state index contributed by atoms with van der Waals surface area (Å²) in [6.07, 6.45) is 3.68. The molecule has 0 radical (unpaired) electrons. The van der Waals surface area contributed by atoms with E-state index in [2.05, 4.69) is 14.7 Å². The average Bonchev–Trinajstić information content (AvgIpc) is 3.04. The highest BCUT2D eigenvalue weighted by Gasteiger charge is 2.24. The fourth-order valence-corrected chi connectivity index (χ4v) is 4.43. The summed E-state index contributed by atoms with van der Waals surface area (Å²) in [4.78, 5) is 7.10. The van der Waals surface area contributed by atoms with Crippen LogP contribution in [0.3, 0.4) is 0 Å². The van der Waals surface area contributed by atoms with Crippen molar-refractivity contribution in [1.82, 2.24) is 14.7 Å². The first-order valence-corrected chi connectivity index (χ1v) is 9.72. The van der Waals surface area contributed by atoms with E-state index in [4.69, 9.17) is 16.3 Å². The molecule has 2 N–H and O–H groups in total. The predicted octanol–water partition coefficient (Wildman–Crippen LogP) is 2.75. The summed E-state index contributed by atoms with van der Waals surface area (Å²) < 4.78 is 33.7. The first-order chi connectivity index (χ1) is 12.0. The summed E-state index contributed by atoms with van der Waals surface area (Å²) in [7, 11) is -3.67. The molecule has 4 rings (SSSR count). The second-order valence-corrected chi connectivity index (χ2v) is 8.22. The Balaban J connectivity index is 1.51. The van der Waals surface area contributed by atoms with E-state index < -0.39 is 10.0 Å². The predicted molar refractivity (Wildman–Crippen MR) is 95.4 cm³/mol. The number of sulfonamides is 1. The van der Waals surface area contributed by atoms with Crippen LogP contribution in [0.1, 0.15) is 5.56 Å². The lowest BCUT2D eigenvalue weighted by Gasteiger charge is -2.25. The van der Waals surface area contributed by atoms with Gasteiger partial charge in [0.25, 0.3) is 0 Å². The van der Waals surface area contributed by atoms with Gasteiger partial charge in [0.15, 0.2) is 0 Å². The number of H-pyrrole nitrogens is 1. The maximum Gasteiger partial charge on any atom is 0.242 e. The van der Waals surface area contributed by atoms with Crippen molar-refractivity contribution in [3.63, 3.8) is 0 Å². The number of nitrogens with one attached hydrogen (secondary N) is 2. The summed E-state index contributed by atoms with van der Waals surface area (Å²) >= 11 is 5.94. The zero-order valence-corrected chi connectivity index (χ0v) is 14.8. The van der Waals surface area contributed by atoms with Gasteiger partial charge in [-0.25, -0.2) is 18.1 Å². The molecule has 0 fully saturated rings. The largest absolute Gasteiger partial charge is 0.493 e.